The van der Waals surface area contributed by atoms with Gasteiger partial charge in [-0.05, 0) is 44.2 Å². The molecule has 2 aromatic heterocycles. The molecule has 168 valence electrons. The average molecular weight is 465 g/mol. The highest BCUT2D eigenvalue weighted by Gasteiger charge is 2.19. The Morgan fingerprint density at radius 1 is 1.06 bits per heavy atom. The minimum absolute atomic E-state index is 0.143. The van der Waals surface area contributed by atoms with Crippen LogP contribution in [0.1, 0.15) is 38.9 Å². The predicted molar refractivity (Wildman–Crippen MR) is 125 cm³/mol. The van der Waals surface area contributed by atoms with E-state index in [1.165, 1.54) is 48.4 Å². The number of hydrogen-bond donors (Lipinski definition) is 1. The molecule has 0 aliphatic rings. The van der Waals surface area contributed by atoms with E-state index in [9.17, 15) is 14.4 Å². The number of thiazole rings is 1. The van der Waals surface area contributed by atoms with E-state index in [2.05, 4.69) is 15.1 Å². The summed E-state index contributed by atoms with van der Waals surface area (Å²) < 4.78 is 11.9. The van der Waals surface area contributed by atoms with Crippen molar-refractivity contribution in [1.82, 2.24) is 14.8 Å². The Hall–Kier alpha value is -4.05. The van der Waals surface area contributed by atoms with Crippen molar-refractivity contribution < 1.29 is 19.1 Å². The quantitative estimate of drug-likeness (QED) is 0.355. The predicted octanol–water partition coefficient (Wildman–Crippen LogP) is 3.80. The molecule has 0 radical (unpaired) electrons. The van der Waals surface area contributed by atoms with Gasteiger partial charge in [-0.25, -0.2) is 14.6 Å². The summed E-state index contributed by atoms with van der Waals surface area (Å²) in [5, 5.41) is 3.57. The largest absolute Gasteiger partial charge is 0.465 e. The molecule has 2 aromatic carbocycles. The molecular weight excluding hydrogens is 444 g/mol. The zero-order chi connectivity index (χ0) is 23.7. The third-order valence-corrected chi connectivity index (χ3v) is 5.99. The van der Waals surface area contributed by atoms with Crippen molar-refractivity contribution in [2.45, 2.75) is 13.8 Å². The van der Waals surface area contributed by atoms with Crippen LogP contribution in [0.25, 0.3) is 15.3 Å². The van der Waals surface area contributed by atoms with Crippen LogP contribution < -0.4 is 5.56 Å². The Morgan fingerprint density at radius 3 is 2.30 bits per heavy atom. The zero-order valence-electron chi connectivity index (χ0n) is 18.3. The molecule has 0 saturated heterocycles. The molecular formula is C23H20N4O5S. The Bertz CT molecular complexity index is 1410. The number of H-pyrrole nitrogens is 1. The summed E-state index contributed by atoms with van der Waals surface area (Å²) in [6, 6.07) is 12.0. The van der Waals surface area contributed by atoms with Crippen molar-refractivity contribution >= 4 is 44.9 Å². The normalized spacial score (nSPS) is 11.6. The second-order valence-electron chi connectivity index (χ2n) is 7.17. The summed E-state index contributed by atoms with van der Waals surface area (Å²) in [4.78, 5) is 46.3. The summed E-state index contributed by atoms with van der Waals surface area (Å²) >= 11 is 1.40. The Morgan fingerprint density at radius 2 is 1.70 bits per heavy atom. The van der Waals surface area contributed by atoms with Gasteiger partial charge in [0.2, 0.25) is 5.13 Å². The molecule has 4 aromatic rings. The van der Waals surface area contributed by atoms with Gasteiger partial charge in [-0.2, -0.15) is 4.68 Å². The van der Waals surface area contributed by atoms with E-state index in [4.69, 9.17) is 9.47 Å². The smallest absolute Gasteiger partial charge is 0.337 e. The number of para-hydroxylation sites is 1. The van der Waals surface area contributed by atoms with Gasteiger partial charge in [0.25, 0.3) is 5.56 Å². The van der Waals surface area contributed by atoms with Gasteiger partial charge < -0.3 is 9.47 Å². The Balaban J connectivity index is 1.79. The summed E-state index contributed by atoms with van der Waals surface area (Å²) in [5.41, 5.74) is 2.49. The topological polar surface area (TPSA) is 116 Å². The highest BCUT2D eigenvalue weighted by atomic mass is 32.1. The first-order valence-corrected chi connectivity index (χ1v) is 10.7. The lowest BCUT2D eigenvalue weighted by Gasteiger charge is -2.06. The number of methoxy groups -OCH3 is 2. The van der Waals surface area contributed by atoms with Crippen LogP contribution in [0.15, 0.2) is 52.3 Å². The van der Waals surface area contributed by atoms with Crippen LogP contribution in [0.3, 0.4) is 0 Å². The molecule has 0 bridgehead atoms. The molecule has 9 nitrogen and oxygen atoms in total. The van der Waals surface area contributed by atoms with E-state index in [1.807, 2.05) is 24.3 Å². The first kappa shape index (κ1) is 22.2. The summed E-state index contributed by atoms with van der Waals surface area (Å²) in [6.07, 6.45) is 0. The molecule has 0 atom stereocenters. The van der Waals surface area contributed by atoms with E-state index in [1.54, 1.807) is 13.8 Å². The van der Waals surface area contributed by atoms with Gasteiger partial charge >= 0.3 is 11.9 Å². The van der Waals surface area contributed by atoms with E-state index in [0.29, 0.717) is 27.8 Å². The fourth-order valence-corrected chi connectivity index (χ4v) is 4.39. The van der Waals surface area contributed by atoms with Gasteiger partial charge in [0.05, 0.1) is 52.5 Å². The number of benzene rings is 2. The zero-order valence-corrected chi connectivity index (χ0v) is 19.1. The van der Waals surface area contributed by atoms with Gasteiger partial charge in [0.1, 0.15) is 0 Å². The maximum Gasteiger partial charge on any atom is 0.337 e. The fraction of sp³-hybridized carbons (Fsp3) is 0.174. The maximum absolute atomic E-state index is 13.2. The number of fused-ring (bicyclic) bond motifs is 1. The van der Waals surface area contributed by atoms with Crippen molar-refractivity contribution in [1.29, 1.82) is 0 Å². The number of rotatable bonds is 5. The third kappa shape index (κ3) is 4.20. The van der Waals surface area contributed by atoms with Gasteiger partial charge in [-0.1, -0.05) is 23.5 Å². The summed E-state index contributed by atoms with van der Waals surface area (Å²) in [7, 11) is 2.49. The first-order chi connectivity index (χ1) is 15.8. The van der Waals surface area contributed by atoms with E-state index in [0.717, 1.165) is 10.2 Å². The van der Waals surface area contributed by atoms with Crippen molar-refractivity contribution in [3.63, 3.8) is 0 Å². The molecule has 10 heteroatoms. The molecule has 0 fully saturated rings. The van der Waals surface area contributed by atoms with Crippen LogP contribution in [0, 0.1) is 6.92 Å². The Kier molecular flexibility index (Phi) is 5.93. The van der Waals surface area contributed by atoms with Crippen molar-refractivity contribution in [2.75, 3.05) is 14.2 Å². The summed E-state index contributed by atoms with van der Waals surface area (Å²) in [6.45, 7) is 3.45. The highest BCUT2D eigenvalue weighted by Crippen LogP contribution is 2.24. The van der Waals surface area contributed by atoms with Gasteiger partial charge in [-0.3, -0.25) is 14.9 Å². The first-order valence-electron chi connectivity index (χ1n) is 9.87. The van der Waals surface area contributed by atoms with Crippen LogP contribution in [0.5, 0.6) is 0 Å². The van der Waals surface area contributed by atoms with Crippen LogP contribution in [0.4, 0.5) is 5.69 Å². The number of nitrogens with one attached hydrogen (secondary N) is 1. The standard InChI is InChI=1S/C23H20N4O5S/c1-12(24-16-10-14(21(29)31-3)9-15(11-16)22(30)32-4)19-13(2)26-27(20(19)28)23-25-17-7-5-6-8-18(17)33-23/h5-11,26H,1-4H3. The minimum atomic E-state index is -0.620. The number of aromatic amines is 1. The van der Waals surface area contributed by atoms with Crippen LogP contribution in [0.2, 0.25) is 0 Å². The number of aliphatic imine (C=N–C) groups is 1. The lowest BCUT2D eigenvalue weighted by molar-refractivity contribution is 0.0599. The molecule has 33 heavy (non-hydrogen) atoms. The van der Waals surface area contributed by atoms with Crippen molar-refractivity contribution in [3.05, 3.63) is 75.2 Å². The fourth-order valence-electron chi connectivity index (χ4n) is 3.46. The Labute approximate surface area is 192 Å². The number of hydrogen-bond acceptors (Lipinski definition) is 8. The molecule has 0 amide bonds. The van der Waals surface area contributed by atoms with Crippen LogP contribution in [-0.4, -0.2) is 46.6 Å². The molecule has 0 unspecified atom stereocenters. The number of esters is 2. The van der Waals surface area contributed by atoms with E-state index >= 15 is 0 Å². The highest BCUT2D eigenvalue weighted by molar-refractivity contribution is 7.20. The van der Waals surface area contributed by atoms with Crippen LogP contribution in [-0.2, 0) is 9.47 Å². The van der Waals surface area contributed by atoms with E-state index in [-0.39, 0.29) is 16.7 Å². The second-order valence-corrected chi connectivity index (χ2v) is 8.17. The number of carbonyl (C=O) groups is 2. The lowest BCUT2D eigenvalue weighted by atomic mass is 10.1. The maximum atomic E-state index is 13.2. The molecule has 1 N–H and O–H groups in total. The van der Waals surface area contributed by atoms with Crippen molar-refractivity contribution in [3.8, 4) is 5.13 Å². The number of carbonyl (C=O) groups excluding carboxylic acids is 2. The van der Waals surface area contributed by atoms with Gasteiger partial charge in [-0.15, -0.1) is 0 Å². The minimum Gasteiger partial charge on any atom is -0.465 e. The lowest BCUT2D eigenvalue weighted by Crippen LogP contribution is -2.19. The summed E-state index contributed by atoms with van der Waals surface area (Å²) in [5.74, 6) is -1.24. The van der Waals surface area contributed by atoms with Crippen molar-refractivity contribution in [2.24, 2.45) is 4.99 Å². The molecule has 0 saturated carbocycles. The van der Waals surface area contributed by atoms with E-state index < -0.39 is 11.9 Å². The monoisotopic (exact) mass is 464 g/mol. The van der Waals surface area contributed by atoms with Gasteiger partial charge in [0, 0.05) is 5.69 Å². The number of aromatic nitrogens is 3. The second kappa shape index (κ2) is 8.83. The molecule has 0 spiro atoms. The molecule has 2 heterocycles. The third-order valence-electron chi connectivity index (χ3n) is 4.96. The molecule has 0 aliphatic carbocycles. The average Bonchev–Trinajstić information content (AvgIpc) is 3.37. The number of aryl methyl sites for hydroxylation is 1. The SMILES string of the molecule is COC(=O)c1cc(N=C(C)c2c(C)[nH]n(-c3nc4ccccc4s3)c2=O)cc(C(=O)OC)c1. The molecule has 4 rings (SSSR count). The molecule has 0 aliphatic heterocycles. The number of ether oxygens (including phenoxy) is 2. The van der Waals surface area contributed by atoms with Crippen LogP contribution >= 0.6 is 11.3 Å². The van der Waals surface area contributed by atoms with Gasteiger partial charge in [0.15, 0.2) is 0 Å². The number of nitrogens with zero attached hydrogens (tertiary/aromatic N) is 3.